The van der Waals surface area contributed by atoms with Gasteiger partial charge in [-0.1, -0.05) is 36.4 Å². The van der Waals surface area contributed by atoms with Crippen molar-refractivity contribution >= 4 is 27.7 Å². The zero-order chi connectivity index (χ0) is 25.4. The summed E-state index contributed by atoms with van der Waals surface area (Å²) in [6.45, 7) is -0.342. The maximum atomic E-state index is 13.3. The third-order valence-electron chi connectivity index (χ3n) is 6.84. The molecule has 0 unspecified atom stereocenters. The van der Waals surface area contributed by atoms with Crippen LogP contribution in [0.25, 0.3) is 0 Å². The number of carboxylic acid groups (broad SMARTS) is 1. The maximum Gasteiger partial charge on any atom is 0.339 e. The first kappa shape index (κ1) is 24.0. The normalized spacial score (nSPS) is 18.7. The minimum absolute atomic E-state index is 0.0154. The Bertz CT molecular complexity index is 1380. The van der Waals surface area contributed by atoms with Gasteiger partial charge in [-0.05, 0) is 43.9 Å². The minimum Gasteiger partial charge on any atom is -0.480 e. The second kappa shape index (κ2) is 9.39. The number of carbonyl (C=O) groups is 3. The Morgan fingerprint density at radius 3 is 2.00 bits per heavy atom. The fraction of sp³-hybridized carbons (Fsp3) is 0.296. The van der Waals surface area contributed by atoms with Gasteiger partial charge in [0.05, 0.1) is 0 Å². The lowest BCUT2D eigenvalue weighted by molar-refractivity contribution is -0.138. The highest BCUT2D eigenvalue weighted by Crippen LogP contribution is 2.50. The second-order valence-electron chi connectivity index (χ2n) is 9.08. The summed E-state index contributed by atoms with van der Waals surface area (Å²) in [5.74, 6) is -2.17. The van der Waals surface area contributed by atoms with Crippen LogP contribution in [0.2, 0.25) is 0 Å². The number of ketones is 2. The number of carboxylic acids is 1. The van der Waals surface area contributed by atoms with E-state index in [-0.39, 0.29) is 41.6 Å². The molecule has 36 heavy (non-hydrogen) atoms. The molecule has 8 nitrogen and oxygen atoms in total. The number of nitrogens with zero attached hydrogens (tertiary/aromatic N) is 1. The molecule has 2 aromatic carbocycles. The highest BCUT2D eigenvalue weighted by atomic mass is 32.2. The predicted octanol–water partition coefficient (Wildman–Crippen LogP) is 3.95. The van der Waals surface area contributed by atoms with Crippen LogP contribution in [0.3, 0.4) is 0 Å². The molecule has 2 aliphatic carbocycles. The van der Waals surface area contributed by atoms with E-state index >= 15 is 0 Å². The summed E-state index contributed by atoms with van der Waals surface area (Å²) < 4.78 is 31.7. The molecule has 1 N–H and O–H groups in total. The van der Waals surface area contributed by atoms with E-state index in [1.54, 1.807) is 41.3 Å². The Balaban J connectivity index is 1.69. The average Bonchev–Trinajstić information content (AvgIpc) is 2.85. The van der Waals surface area contributed by atoms with E-state index in [2.05, 4.69) is 0 Å². The van der Waals surface area contributed by atoms with Gasteiger partial charge in [0.15, 0.2) is 11.6 Å². The number of allylic oxidation sites excluding steroid dienone is 4. The van der Waals surface area contributed by atoms with Crippen LogP contribution in [0.15, 0.2) is 82.0 Å². The van der Waals surface area contributed by atoms with E-state index < -0.39 is 22.0 Å². The number of rotatable bonds is 6. The Morgan fingerprint density at radius 2 is 1.42 bits per heavy atom. The fourth-order valence-corrected chi connectivity index (χ4v) is 6.38. The number of Topliss-reactive ketones (excluding diaryl/α,β-unsaturated/α-hetero) is 2. The van der Waals surface area contributed by atoms with Gasteiger partial charge in [-0.15, -0.1) is 0 Å². The third-order valence-corrected chi connectivity index (χ3v) is 8.09. The monoisotopic (exact) mass is 507 g/mol. The van der Waals surface area contributed by atoms with Gasteiger partial charge in [0.2, 0.25) is 0 Å². The molecular formula is C27H25NO7S. The van der Waals surface area contributed by atoms with E-state index in [0.717, 1.165) is 0 Å². The quantitative estimate of drug-likeness (QED) is 0.584. The number of carbonyl (C=O) groups excluding carboxylic acids is 2. The molecule has 0 fully saturated rings. The predicted molar refractivity (Wildman–Crippen MR) is 130 cm³/mol. The summed E-state index contributed by atoms with van der Waals surface area (Å²) in [6.07, 6.45) is 2.72. The highest BCUT2D eigenvalue weighted by molar-refractivity contribution is 7.87. The van der Waals surface area contributed by atoms with Gasteiger partial charge in [0.1, 0.15) is 17.2 Å². The van der Waals surface area contributed by atoms with Crippen LogP contribution in [0.1, 0.15) is 50.0 Å². The molecule has 0 aromatic heterocycles. The number of hydrogen-bond donors (Lipinski definition) is 1. The molecule has 0 saturated carbocycles. The van der Waals surface area contributed by atoms with Gasteiger partial charge in [0.25, 0.3) is 0 Å². The molecule has 0 bridgehead atoms. The Kier molecular flexibility index (Phi) is 6.26. The first-order valence-electron chi connectivity index (χ1n) is 11.9. The second-order valence-corrected chi connectivity index (χ2v) is 10.6. The number of aliphatic carboxylic acids is 1. The highest BCUT2D eigenvalue weighted by Gasteiger charge is 2.44. The van der Waals surface area contributed by atoms with Crippen molar-refractivity contribution in [2.45, 2.75) is 49.3 Å². The van der Waals surface area contributed by atoms with Crippen LogP contribution in [0.4, 0.5) is 0 Å². The largest absolute Gasteiger partial charge is 0.480 e. The maximum absolute atomic E-state index is 13.3. The van der Waals surface area contributed by atoms with Gasteiger partial charge >= 0.3 is 16.1 Å². The van der Waals surface area contributed by atoms with Gasteiger partial charge in [-0.3, -0.25) is 14.4 Å². The van der Waals surface area contributed by atoms with E-state index in [1.807, 2.05) is 0 Å². The zero-order valence-corrected chi connectivity index (χ0v) is 20.3. The van der Waals surface area contributed by atoms with Crippen molar-refractivity contribution in [1.82, 2.24) is 4.90 Å². The Morgan fingerprint density at radius 1 is 0.861 bits per heavy atom. The van der Waals surface area contributed by atoms with Gasteiger partial charge in [-0.2, -0.15) is 8.42 Å². The van der Waals surface area contributed by atoms with Crippen molar-refractivity contribution in [2.24, 2.45) is 0 Å². The molecule has 0 atom stereocenters. The lowest BCUT2D eigenvalue weighted by Gasteiger charge is -2.43. The molecule has 186 valence electrons. The van der Waals surface area contributed by atoms with Crippen LogP contribution in [0.5, 0.6) is 5.75 Å². The lowest BCUT2D eigenvalue weighted by Crippen LogP contribution is -2.41. The van der Waals surface area contributed by atoms with Crippen LogP contribution in [-0.2, 0) is 24.5 Å². The third kappa shape index (κ3) is 4.24. The summed E-state index contributed by atoms with van der Waals surface area (Å²) in [5.41, 5.74) is 2.34. The van der Waals surface area contributed by atoms with Gasteiger partial charge < -0.3 is 14.2 Å². The minimum atomic E-state index is -4.18. The molecule has 0 spiro atoms. The number of benzene rings is 2. The molecule has 0 amide bonds. The first-order chi connectivity index (χ1) is 17.3. The summed E-state index contributed by atoms with van der Waals surface area (Å²) in [6, 6.07) is 14.3. The van der Waals surface area contributed by atoms with E-state index in [4.69, 9.17) is 4.18 Å². The van der Waals surface area contributed by atoms with Crippen molar-refractivity contribution in [2.75, 3.05) is 6.54 Å². The molecule has 2 aromatic rings. The van der Waals surface area contributed by atoms with Crippen molar-refractivity contribution in [3.63, 3.8) is 0 Å². The molecule has 1 heterocycles. The van der Waals surface area contributed by atoms with Crippen molar-refractivity contribution in [3.05, 3.63) is 82.7 Å². The van der Waals surface area contributed by atoms with Crippen LogP contribution >= 0.6 is 0 Å². The number of hydrogen-bond acceptors (Lipinski definition) is 7. The van der Waals surface area contributed by atoms with Crippen LogP contribution in [-0.4, -0.2) is 42.5 Å². The SMILES string of the molecule is O=C(O)CN1C2=C(C(=O)CCC2)C(c2ccccc2OS(=O)(=O)c2ccccc2)C2=C1CCCC2=O. The van der Waals surface area contributed by atoms with E-state index in [0.29, 0.717) is 53.8 Å². The molecule has 9 heteroatoms. The average molecular weight is 508 g/mol. The van der Waals surface area contributed by atoms with E-state index in [9.17, 15) is 27.9 Å². The smallest absolute Gasteiger partial charge is 0.339 e. The molecule has 1 aliphatic heterocycles. The zero-order valence-electron chi connectivity index (χ0n) is 19.5. The Hall–Kier alpha value is -3.72. The molecule has 0 radical (unpaired) electrons. The number of para-hydroxylation sites is 1. The summed E-state index contributed by atoms with van der Waals surface area (Å²) in [5, 5.41) is 9.60. The summed E-state index contributed by atoms with van der Waals surface area (Å²) in [4.78, 5) is 40.0. The van der Waals surface area contributed by atoms with Crippen molar-refractivity contribution in [1.29, 1.82) is 0 Å². The molecular weight excluding hydrogens is 482 g/mol. The summed E-state index contributed by atoms with van der Waals surface area (Å²) in [7, 11) is -4.18. The topological polar surface area (TPSA) is 118 Å². The lowest BCUT2D eigenvalue weighted by atomic mass is 9.70. The Labute approximate surface area is 209 Å². The van der Waals surface area contributed by atoms with Crippen LogP contribution < -0.4 is 4.18 Å². The first-order valence-corrected chi connectivity index (χ1v) is 13.3. The molecule has 5 rings (SSSR count). The van der Waals surface area contributed by atoms with Gasteiger partial charge in [-0.25, -0.2) is 0 Å². The van der Waals surface area contributed by atoms with Crippen molar-refractivity contribution in [3.8, 4) is 5.75 Å². The molecule has 3 aliphatic rings. The fourth-order valence-electron chi connectivity index (χ4n) is 5.40. The van der Waals surface area contributed by atoms with Crippen molar-refractivity contribution < 1.29 is 32.1 Å². The van der Waals surface area contributed by atoms with E-state index in [1.165, 1.54) is 18.2 Å². The van der Waals surface area contributed by atoms with Crippen LogP contribution in [0, 0.1) is 0 Å². The standard InChI is InChI=1S/C27H25NO7S/c29-21-13-6-11-19-26(21)25(27-20(12-7-14-22(27)30)28(19)16-24(31)32)18-10-4-5-15-23(18)35-36(33,34)17-8-2-1-3-9-17/h1-5,8-10,15,25H,6-7,11-14,16H2,(H,31,32). The van der Waals surface area contributed by atoms with Gasteiger partial charge in [0, 0.05) is 46.9 Å². The molecule has 0 saturated heterocycles. The summed E-state index contributed by atoms with van der Waals surface area (Å²) >= 11 is 0.